The maximum Gasteiger partial charge on any atom is 0.326 e. The molecule has 84 valence electrons. The molecule has 3 N–H and O–H groups in total. The molecule has 16 heavy (non-hydrogen) atoms. The third-order valence-corrected chi connectivity index (χ3v) is 1.82. The summed E-state index contributed by atoms with van der Waals surface area (Å²) in [4.78, 5) is 28.5. The Hall–Kier alpha value is -2.29. The fourth-order valence-electron chi connectivity index (χ4n) is 1.12. The monoisotopic (exact) mass is 221 g/mol. The van der Waals surface area contributed by atoms with Crippen LogP contribution in [0.4, 0.5) is 0 Å². The highest BCUT2D eigenvalue weighted by Gasteiger charge is 2.20. The van der Waals surface area contributed by atoms with Gasteiger partial charge in [0, 0.05) is 18.3 Å². The molecule has 0 bridgehead atoms. The predicted molar refractivity (Wildman–Crippen MR) is 55.3 cm³/mol. The quantitative estimate of drug-likeness (QED) is 0.600. The van der Waals surface area contributed by atoms with Gasteiger partial charge in [-0.15, -0.1) is 0 Å². The van der Waals surface area contributed by atoms with Crippen LogP contribution < -0.4 is 5.32 Å². The molecule has 0 aliphatic carbocycles. The van der Waals surface area contributed by atoms with Crippen molar-refractivity contribution in [3.05, 3.63) is 18.2 Å². The van der Waals surface area contributed by atoms with Crippen molar-refractivity contribution < 1.29 is 14.7 Å². The lowest BCUT2D eigenvalue weighted by molar-refractivity contribution is -0.141. The van der Waals surface area contributed by atoms with Crippen molar-refractivity contribution in [2.45, 2.75) is 19.4 Å². The SMILES string of the molecule is CC#CC(=O)N[C@H](Cc1cnc[nH]1)C(=O)O. The highest BCUT2D eigenvalue weighted by atomic mass is 16.4. The van der Waals surface area contributed by atoms with Gasteiger partial charge in [-0.25, -0.2) is 9.78 Å². The summed E-state index contributed by atoms with van der Waals surface area (Å²) >= 11 is 0. The van der Waals surface area contributed by atoms with E-state index in [4.69, 9.17) is 5.11 Å². The molecule has 1 aromatic rings. The van der Waals surface area contributed by atoms with Gasteiger partial charge in [0.2, 0.25) is 0 Å². The third-order valence-electron chi connectivity index (χ3n) is 1.82. The lowest BCUT2D eigenvalue weighted by Crippen LogP contribution is -2.41. The van der Waals surface area contributed by atoms with Crippen LogP contribution in [0.2, 0.25) is 0 Å². The van der Waals surface area contributed by atoms with Crippen LogP contribution >= 0.6 is 0 Å². The standard InChI is InChI=1S/C10H11N3O3/c1-2-3-9(14)13-8(10(15)16)4-7-5-11-6-12-7/h5-6,8H,4H2,1H3,(H,11,12)(H,13,14)(H,15,16)/t8-/m1/s1. The number of rotatable bonds is 4. The zero-order valence-electron chi connectivity index (χ0n) is 8.65. The van der Waals surface area contributed by atoms with Crippen LogP contribution in [0.15, 0.2) is 12.5 Å². The molecule has 0 saturated heterocycles. The van der Waals surface area contributed by atoms with Crippen molar-refractivity contribution in [2.75, 3.05) is 0 Å². The fraction of sp³-hybridized carbons (Fsp3) is 0.300. The lowest BCUT2D eigenvalue weighted by Gasteiger charge is -2.10. The molecule has 1 heterocycles. The molecule has 6 nitrogen and oxygen atoms in total. The lowest BCUT2D eigenvalue weighted by atomic mass is 10.1. The Morgan fingerprint density at radius 1 is 1.69 bits per heavy atom. The first-order chi connectivity index (χ1) is 7.63. The van der Waals surface area contributed by atoms with Gasteiger partial charge in [-0.05, 0) is 12.8 Å². The molecule has 0 fully saturated rings. The molecule has 1 amide bonds. The Labute approximate surface area is 92.1 Å². The molecule has 0 aliphatic heterocycles. The first-order valence-electron chi connectivity index (χ1n) is 4.56. The molecule has 0 unspecified atom stereocenters. The summed E-state index contributed by atoms with van der Waals surface area (Å²) in [5.41, 5.74) is 0.636. The highest BCUT2D eigenvalue weighted by molar-refractivity contribution is 5.95. The molecule has 6 heteroatoms. The molecule has 1 aromatic heterocycles. The number of aromatic amines is 1. The number of aromatic nitrogens is 2. The second-order valence-electron chi connectivity index (χ2n) is 3.02. The van der Waals surface area contributed by atoms with E-state index in [1.54, 1.807) is 0 Å². The van der Waals surface area contributed by atoms with E-state index in [1.165, 1.54) is 19.4 Å². The highest BCUT2D eigenvalue weighted by Crippen LogP contribution is 1.98. The van der Waals surface area contributed by atoms with E-state index >= 15 is 0 Å². The number of imidazole rings is 1. The Bertz CT molecular complexity index is 428. The summed E-state index contributed by atoms with van der Waals surface area (Å²) in [5.74, 6) is 2.90. The van der Waals surface area contributed by atoms with Gasteiger partial charge in [-0.3, -0.25) is 4.79 Å². The normalized spacial score (nSPS) is 11.1. The maximum atomic E-state index is 11.1. The number of hydrogen-bond donors (Lipinski definition) is 3. The molecule has 0 saturated carbocycles. The molecule has 0 radical (unpaired) electrons. The number of nitrogens with one attached hydrogen (secondary N) is 2. The van der Waals surface area contributed by atoms with Gasteiger partial charge in [-0.2, -0.15) is 0 Å². The van der Waals surface area contributed by atoms with Gasteiger partial charge in [0.15, 0.2) is 0 Å². The minimum absolute atomic E-state index is 0.145. The summed E-state index contributed by atoms with van der Waals surface area (Å²) in [6, 6.07) is -1.01. The van der Waals surface area contributed by atoms with E-state index in [9.17, 15) is 9.59 Å². The maximum absolute atomic E-state index is 11.1. The number of hydrogen-bond acceptors (Lipinski definition) is 3. The van der Waals surface area contributed by atoms with Crippen molar-refractivity contribution in [1.29, 1.82) is 0 Å². The molecule has 1 atom stereocenters. The molecule has 0 aliphatic rings. The van der Waals surface area contributed by atoms with E-state index in [0.717, 1.165) is 0 Å². The van der Waals surface area contributed by atoms with Crippen molar-refractivity contribution in [2.24, 2.45) is 0 Å². The van der Waals surface area contributed by atoms with Crippen LogP contribution in [0, 0.1) is 11.8 Å². The summed E-state index contributed by atoms with van der Waals surface area (Å²) in [5, 5.41) is 11.2. The number of carboxylic acid groups (broad SMARTS) is 1. The molecule has 1 rings (SSSR count). The Balaban J connectivity index is 2.64. The smallest absolute Gasteiger partial charge is 0.326 e. The van der Waals surface area contributed by atoms with Gasteiger partial charge >= 0.3 is 5.97 Å². The van der Waals surface area contributed by atoms with Crippen molar-refractivity contribution in [1.82, 2.24) is 15.3 Å². The molecule has 0 spiro atoms. The van der Waals surface area contributed by atoms with Crippen LogP contribution in [0.3, 0.4) is 0 Å². The van der Waals surface area contributed by atoms with Gasteiger partial charge in [0.05, 0.1) is 6.33 Å². The van der Waals surface area contributed by atoms with Crippen LogP contribution in [0.5, 0.6) is 0 Å². The Morgan fingerprint density at radius 2 is 2.44 bits per heavy atom. The zero-order chi connectivity index (χ0) is 12.0. The fourth-order valence-corrected chi connectivity index (χ4v) is 1.12. The van der Waals surface area contributed by atoms with E-state index in [1.807, 2.05) is 0 Å². The molecular weight excluding hydrogens is 210 g/mol. The minimum atomic E-state index is -1.11. The van der Waals surface area contributed by atoms with Crippen molar-refractivity contribution in [3.8, 4) is 11.8 Å². The number of nitrogens with zero attached hydrogens (tertiary/aromatic N) is 1. The summed E-state index contributed by atoms with van der Waals surface area (Å²) in [6.45, 7) is 1.50. The van der Waals surface area contributed by atoms with Crippen LogP contribution in [0.25, 0.3) is 0 Å². The largest absolute Gasteiger partial charge is 0.480 e. The van der Waals surface area contributed by atoms with E-state index < -0.39 is 17.9 Å². The predicted octanol–water partition coefficient (Wildman–Crippen LogP) is -0.455. The van der Waals surface area contributed by atoms with Crippen LogP contribution in [-0.4, -0.2) is 33.0 Å². The minimum Gasteiger partial charge on any atom is -0.480 e. The second kappa shape index (κ2) is 5.56. The average Bonchev–Trinajstić information content (AvgIpc) is 2.69. The number of amides is 1. The number of carboxylic acids is 1. The number of carbonyl (C=O) groups excluding carboxylic acids is 1. The summed E-state index contributed by atoms with van der Waals surface area (Å²) < 4.78 is 0. The van der Waals surface area contributed by atoms with Gasteiger partial charge < -0.3 is 15.4 Å². The van der Waals surface area contributed by atoms with E-state index in [0.29, 0.717) is 5.69 Å². The molecular formula is C10H11N3O3. The Kier molecular flexibility index (Phi) is 4.09. The van der Waals surface area contributed by atoms with E-state index in [-0.39, 0.29) is 6.42 Å². The zero-order valence-corrected chi connectivity index (χ0v) is 8.65. The summed E-state index contributed by atoms with van der Waals surface area (Å²) in [6.07, 6.45) is 3.10. The van der Waals surface area contributed by atoms with Gasteiger partial charge in [-0.1, -0.05) is 5.92 Å². The second-order valence-corrected chi connectivity index (χ2v) is 3.02. The van der Waals surface area contributed by atoms with E-state index in [2.05, 4.69) is 27.1 Å². The topological polar surface area (TPSA) is 95.1 Å². The first-order valence-corrected chi connectivity index (χ1v) is 4.56. The van der Waals surface area contributed by atoms with Gasteiger partial charge in [0.25, 0.3) is 5.91 Å². The van der Waals surface area contributed by atoms with Crippen molar-refractivity contribution in [3.63, 3.8) is 0 Å². The number of carbonyl (C=O) groups is 2. The Morgan fingerprint density at radius 3 is 2.94 bits per heavy atom. The first kappa shape index (κ1) is 11.8. The molecule has 0 aromatic carbocycles. The van der Waals surface area contributed by atoms with Crippen molar-refractivity contribution >= 4 is 11.9 Å². The van der Waals surface area contributed by atoms with Crippen LogP contribution in [0.1, 0.15) is 12.6 Å². The van der Waals surface area contributed by atoms with Crippen LogP contribution in [-0.2, 0) is 16.0 Å². The number of aliphatic carboxylic acids is 1. The number of H-pyrrole nitrogens is 1. The summed E-state index contributed by atoms with van der Waals surface area (Å²) in [7, 11) is 0. The third kappa shape index (κ3) is 3.46. The average molecular weight is 221 g/mol. The van der Waals surface area contributed by atoms with Gasteiger partial charge in [0.1, 0.15) is 6.04 Å².